The van der Waals surface area contributed by atoms with Gasteiger partial charge in [0, 0.05) is 11.7 Å². The van der Waals surface area contributed by atoms with Gasteiger partial charge in [0.1, 0.15) is 0 Å². The van der Waals surface area contributed by atoms with Gasteiger partial charge >= 0.3 is 0 Å². The molecule has 1 heteroatoms. The van der Waals surface area contributed by atoms with Crippen molar-refractivity contribution in [3.05, 3.63) is 29.8 Å². The van der Waals surface area contributed by atoms with Crippen LogP contribution in [0.4, 0.5) is 5.69 Å². The quantitative estimate of drug-likeness (QED) is 0.781. The molecule has 0 aliphatic heterocycles. The van der Waals surface area contributed by atoms with Crippen LogP contribution in [0.15, 0.2) is 24.3 Å². The first kappa shape index (κ1) is 11.5. The molecule has 1 fully saturated rings. The second-order valence-corrected chi connectivity index (χ2v) is 5.39. The molecule has 3 unspecified atom stereocenters. The van der Waals surface area contributed by atoms with Crippen molar-refractivity contribution in [3.8, 4) is 0 Å². The Balaban J connectivity index is 2.03. The Morgan fingerprint density at radius 2 is 2.00 bits per heavy atom. The van der Waals surface area contributed by atoms with Crippen molar-refractivity contribution in [3.63, 3.8) is 0 Å². The highest BCUT2D eigenvalue weighted by Gasteiger charge is 2.26. The van der Waals surface area contributed by atoms with E-state index in [-0.39, 0.29) is 0 Å². The van der Waals surface area contributed by atoms with Gasteiger partial charge in [0.05, 0.1) is 0 Å². The molecule has 1 aromatic rings. The Kier molecular flexibility index (Phi) is 3.52. The van der Waals surface area contributed by atoms with E-state index < -0.39 is 0 Å². The minimum Gasteiger partial charge on any atom is -0.382 e. The van der Waals surface area contributed by atoms with Crippen molar-refractivity contribution < 1.29 is 0 Å². The fourth-order valence-electron chi connectivity index (χ4n) is 2.73. The maximum Gasteiger partial charge on any atom is 0.0345 e. The molecule has 2 rings (SSSR count). The molecular weight excluding hydrogens is 194 g/mol. The lowest BCUT2D eigenvalue weighted by Gasteiger charge is -2.35. The van der Waals surface area contributed by atoms with E-state index >= 15 is 0 Å². The van der Waals surface area contributed by atoms with Crippen LogP contribution in [0.1, 0.15) is 38.7 Å². The third-order valence-electron chi connectivity index (χ3n) is 4.08. The van der Waals surface area contributed by atoms with Gasteiger partial charge in [-0.15, -0.1) is 0 Å². The smallest absolute Gasteiger partial charge is 0.0345 e. The van der Waals surface area contributed by atoms with Crippen molar-refractivity contribution in [1.82, 2.24) is 0 Å². The van der Waals surface area contributed by atoms with Crippen LogP contribution in [0.5, 0.6) is 0 Å². The molecule has 1 aliphatic carbocycles. The Labute approximate surface area is 99.3 Å². The first-order valence-corrected chi connectivity index (χ1v) is 6.50. The van der Waals surface area contributed by atoms with Gasteiger partial charge in [-0.3, -0.25) is 0 Å². The summed E-state index contributed by atoms with van der Waals surface area (Å²) in [5.74, 6) is 1.64. The Morgan fingerprint density at radius 3 is 2.75 bits per heavy atom. The summed E-state index contributed by atoms with van der Waals surface area (Å²) in [4.78, 5) is 0. The molecule has 0 saturated heterocycles. The molecule has 0 amide bonds. The lowest BCUT2D eigenvalue weighted by atomic mass is 9.78. The third kappa shape index (κ3) is 2.58. The van der Waals surface area contributed by atoms with Gasteiger partial charge in [-0.25, -0.2) is 0 Å². The van der Waals surface area contributed by atoms with E-state index in [0.717, 1.165) is 11.8 Å². The number of anilines is 1. The summed E-state index contributed by atoms with van der Waals surface area (Å²) in [5.41, 5.74) is 2.62. The molecule has 0 spiro atoms. The van der Waals surface area contributed by atoms with E-state index in [4.69, 9.17) is 0 Å². The van der Waals surface area contributed by atoms with Crippen LogP contribution in [0.3, 0.4) is 0 Å². The van der Waals surface area contributed by atoms with Crippen LogP contribution < -0.4 is 5.32 Å². The average Bonchev–Trinajstić information content (AvgIpc) is 2.25. The highest BCUT2D eigenvalue weighted by molar-refractivity contribution is 5.46. The molecule has 1 aliphatic rings. The molecule has 1 nitrogen and oxygen atoms in total. The summed E-state index contributed by atoms with van der Waals surface area (Å²) in [7, 11) is 0. The van der Waals surface area contributed by atoms with Crippen LogP contribution in [0, 0.1) is 18.8 Å². The molecule has 16 heavy (non-hydrogen) atoms. The summed E-state index contributed by atoms with van der Waals surface area (Å²) in [5, 5.41) is 3.70. The minimum absolute atomic E-state index is 0.658. The Hall–Kier alpha value is -0.980. The van der Waals surface area contributed by atoms with Crippen molar-refractivity contribution >= 4 is 5.69 Å². The van der Waals surface area contributed by atoms with Crippen LogP contribution >= 0.6 is 0 Å². The monoisotopic (exact) mass is 217 g/mol. The van der Waals surface area contributed by atoms with Gasteiger partial charge in [0.2, 0.25) is 0 Å². The molecule has 0 radical (unpaired) electrons. The summed E-state index contributed by atoms with van der Waals surface area (Å²) < 4.78 is 0. The molecule has 1 N–H and O–H groups in total. The van der Waals surface area contributed by atoms with Crippen LogP contribution in [0.2, 0.25) is 0 Å². The SMILES string of the molecule is Cc1cccc(NC2CCCC(C)C2C)c1. The highest BCUT2D eigenvalue weighted by atomic mass is 14.9. The van der Waals surface area contributed by atoms with E-state index in [1.165, 1.54) is 30.5 Å². The topological polar surface area (TPSA) is 12.0 Å². The van der Waals surface area contributed by atoms with Gasteiger partial charge < -0.3 is 5.32 Å². The zero-order chi connectivity index (χ0) is 11.5. The van der Waals surface area contributed by atoms with Crippen molar-refractivity contribution in [2.75, 3.05) is 5.32 Å². The number of nitrogens with one attached hydrogen (secondary N) is 1. The number of hydrogen-bond acceptors (Lipinski definition) is 1. The molecule has 0 aromatic heterocycles. The normalized spacial score (nSPS) is 30.1. The summed E-state index contributed by atoms with van der Waals surface area (Å²) in [6, 6.07) is 9.36. The highest BCUT2D eigenvalue weighted by Crippen LogP contribution is 2.31. The van der Waals surface area contributed by atoms with E-state index in [1.54, 1.807) is 0 Å². The van der Waals surface area contributed by atoms with Crippen molar-refractivity contribution in [2.24, 2.45) is 11.8 Å². The van der Waals surface area contributed by atoms with Crippen LogP contribution in [-0.4, -0.2) is 6.04 Å². The number of rotatable bonds is 2. The Morgan fingerprint density at radius 1 is 1.19 bits per heavy atom. The van der Waals surface area contributed by atoms with Crippen molar-refractivity contribution in [1.29, 1.82) is 0 Å². The number of benzene rings is 1. The zero-order valence-corrected chi connectivity index (χ0v) is 10.7. The first-order valence-electron chi connectivity index (χ1n) is 6.50. The van der Waals surface area contributed by atoms with E-state index in [2.05, 4.69) is 50.4 Å². The summed E-state index contributed by atoms with van der Waals surface area (Å²) in [6.07, 6.45) is 4.08. The predicted octanol–water partition coefficient (Wildman–Crippen LogP) is 4.23. The maximum absolute atomic E-state index is 3.70. The van der Waals surface area contributed by atoms with Gasteiger partial charge in [0.25, 0.3) is 0 Å². The molecule has 3 atom stereocenters. The van der Waals surface area contributed by atoms with Crippen LogP contribution in [0.25, 0.3) is 0 Å². The lowest BCUT2D eigenvalue weighted by molar-refractivity contribution is 0.253. The summed E-state index contributed by atoms with van der Waals surface area (Å²) >= 11 is 0. The van der Waals surface area contributed by atoms with E-state index in [9.17, 15) is 0 Å². The van der Waals surface area contributed by atoms with Gasteiger partial charge in [-0.1, -0.05) is 38.8 Å². The molecule has 88 valence electrons. The van der Waals surface area contributed by atoms with Gasteiger partial charge in [-0.2, -0.15) is 0 Å². The predicted molar refractivity (Wildman–Crippen MR) is 70.8 cm³/mol. The third-order valence-corrected chi connectivity index (χ3v) is 4.08. The molecule has 1 aromatic carbocycles. The van der Waals surface area contributed by atoms with Crippen molar-refractivity contribution in [2.45, 2.75) is 46.1 Å². The second-order valence-electron chi connectivity index (χ2n) is 5.39. The zero-order valence-electron chi connectivity index (χ0n) is 10.7. The molecule has 0 heterocycles. The average molecular weight is 217 g/mol. The van der Waals surface area contributed by atoms with Gasteiger partial charge in [0.15, 0.2) is 0 Å². The molecule has 0 bridgehead atoms. The first-order chi connectivity index (χ1) is 7.66. The second kappa shape index (κ2) is 4.90. The standard InChI is InChI=1S/C15H23N/c1-11-6-4-8-14(10-11)16-15-9-5-7-12(2)13(15)3/h4,6,8,10,12-13,15-16H,5,7,9H2,1-3H3. The lowest BCUT2D eigenvalue weighted by Crippen LogP contribution is -2.34. The van der Waals surface area contributed by atoms with E-state index in [1.807, 2.05) is 0 Å². The fraction of sp³-hybridized carbons (Fsp3) is 0.600. The van der Waals surface area contributed by atoms with E-state index in [0.29, 0.717) is 6.04 Å². The molecule has 1 saturated carbocycles. The fourth-order valence-corrected chi connectivity index (χ4v) is 2.73. The van der Waals surface area contributed by atoms with Gasteiger partial charge in [-0.05, 0) is 42.9 Å². The minimum atomic E-state index is 0.658. The summed E-state index contributed by atoms with van der Waals surface area (Å²) in [6.45, 7) is 6.92. The number of hydrogen-bond donors (Lipinski definition) is 1. The Bertz CT molecular complexity index is 345. The maximum atomic E-state index is 3.70. The molecular formula is C15H23N. The number of aryl methyl sites for hydroxylation is 1. The van der Waals surface area contributed by atoms with Crippen LogP contribution in [-0.2, 0) is 0 Å². The largest absolute Gasteiger partial charge is 0.382 e.